The zero-order valence-corrected chi connectivity index (χ0v) is 10.7. The molecule has 15 heavy (non-hydrogen) atoms. The first-order chi connectivity index (χ1) is 7.15. The molecule has 0 atom stereocenters. The van der Waals surface area contributed by atoms with E-state index >= 15 is 0 Å². The second kappa shape index (κ2) is 4.42. The van der Waals surface area contributed by atoms with Crippen molar-refractivity contribution < 1.29 is 9.90 Å². The van der Waals surface area contributed by atoms with Crippen LogP contribution in [0.3, 0.4) is 0 Å². The van der Waals surface area contributed by atoms with Crippen molar-refractivity contribution in [3.8, 4) is 9.88 Å². The van der Waals surface area contributed by atoms with Gasteiger partial charge in [0, 0.05) is 11.1 Å². The van der Waals surface area contributed by atoms with Crippen molar-refractivity contribution in [2.75, 3.05) is 0 Å². The lowest BCUT2D eigenvalue weighted by Gasteiger charge is -1.87. The number of thiazole rings is 1. The van der Waals surface area contributed by atoms with Gasteiger partial charge in [0.15, 0.2) is 0 Å². The number of carboxylic acid groups (broad SMARTS) is 1. The molecule has 2 aromatic rings. The van der Waals surface area contributed by atoms with E-state index in [2.05, 4.69) is 20.9 Å². The fourth-order valence-corrected chi connectivity index (χ4v) is 3.43. The van der Waals surface area contributed by atoms with Crippen molar-refractivity contribution in [3.05, 3.63) is 27.0 Å². The minimum Gasteiger partial charge on any atom is -0.481 e. The Hall–Kier alpha value is -0.720. The average Bonchev–Trinajstić information content (AvgIpc) is 2.72. The summed E-state index contributed by atoms with van der Waals surface area (Å²) in [5, 5.41) is 9.50. The molecule has 2 heterocycles. The number of aromatic nitrogens is 1. The minimum absolute atomic E-state index is 0.0458. The van der Waals surface area contributed by atoms with Crippen LogP contribution in [0.25, 0.3) is 9.88 Å². The fourth-order valence-electron chi connectivity index (χ4n) is 1.08. The van der Waals surface area contributed by atoms with Gasteiger partial charge in [-0.15, -0.1) is 22.7 Å². The van der Waals surface area contributed by atoms with Gasteiger partial charge in [0.25, 0.3) is 0 Å². The maximum atomic E-state index is 10.5. The van der Waals surface area contributed by atoms with Gasteiger partial charge in [0.05, 0.1) is 15.1 Å². The van der Waals surface area contributed by atoms with E-state index in [1.807, 2.05) is 12.1 Å². The van der Waals surface area contributed by atoms with E-state index in [-0.39, 0.29) is 6.42 Å². The molecule has 2 rings (SSSR count). The van der Waals surface area contributed by atoms with Gasteiger partial charge in [-0.05, 0) is 28.1 Å². The Kier molecular flexibility index (Phi) is 3.18. The lowest BCUT2D eigenvalue weighted by Crippen LogP contribution is -1.97. The molecule has 0 aliphatic rings. The van der Waals surface area contributed by atoms with Crippen molar-refractivity contribution >= 4 is 44.6 Å². The highest BCUT2D eigenvalue weighted by Crippen LogP contribution is 2.33. The molecule has 0 spiro atoms. The largest absolute Gasteiger partial charge is 0.481 e. The predicted molar refractivity (Wildman–Crippen MR) is 64.5 cm³/mol. The molecule has 0 unspecified atom stereocenters. The van der Waals surface area contributed by atoms with Crippen molar-refractivity contribution in [2.24, 2.45) is 0 Å². The molecule has 0 saturated heterocycles. The molecule has 0 aliphatic heterocycles. The van der Waals surface area contributed by atoms with E-state index in [4.69, 9.17) is 5.11 Å². The quantitative estimate of drug-likeness (QED) is 0.947. The third-order valence-electron chi connectivity index (χ3n) is 1.66. The van der Waals surface area contributed by atoms with Gasteiger partial charge in [-0.2, -0.15) is 0 Å². The summed E-state index contributed by atoms with van der Waals surface area (Å²) in [7, 11) is 0. The lowest BCUT2D eigenvalue weighted by atomic mass is 10.4. The normalized spacial score (nSPS) is 10.5. The molecule has 0 fully saturated rings. The summed E-state index contributed by atoms with van der Waals surface area (Å²) in [5.74, 6) is -0.822. The standard InChI is InChI=1S/C9H6BrNO2S2/c10-7-2-1-6(15-7)9-11-4-5(14-9)3-8(12)13/h1-2,4H,3H2,(H,12,13). The number of halogens is 1. The van der Waals surface area contributed by atoms with Gasteiger partial charge in [-0.3, -0.25) is 4.79 Å². The lowest BCUT2D eigenvalue weighted by molar-refractivity contribution is -0.136. The van der Waals surface area contributed by atoms with E-state index in [1.165, 1.54) is 11.3 Å². The van der Waals surface area contributed by atoms with Crippen molar-refractivity contribution in [2.45, 2.75) is 6.42 Å². The zero-order chi connectivity index (χ0) is 10.8. The summed E-state index contributed by atoms with van der Waals surface area (Å²) >= 11 is 6.39. The second-order valence-corrected chi connectivity index (χ2v) is 6.38. The van der Waals surface area contributed by atoms with Gasteiger partial charge in [0.2, 0.25) is 0 Å². The first-order valence-electron chi connectivity index (χ1n) is 4.07. The van der Waals surface area contributed by atoms with Crippen LogP contribution in [0.4, 0.5) is 0 Å². The second-order valence-electron chi connectivity index (χ2n) is 2.81. The Bertz CT molecular complexity index is 492. The molecule has 0 aliphatic carbocycles. The van der Waals surface area contributed by atoms with Crippen LogP contribution in [0.15, 0.2) is 22.1 Å². The molecule has 3 nitrogen and oxygen atoms in total. The Morgan fingerprint density at radius 3 is 2.87 bits per heavy atom. The SMILES string of the molecule is O=C(O)Cc1cnc(-c2ccc(Br)s2)s1. The molecule has 0 saturated carbocycles. The summed E-state index contributed by atoms with van der Waals surface area (Å²) in [4.78, 5) is 16.5. The smallest absolute Gasteiger partial charge is 0.308 e. The Balaban J connectivity index is 2.23. The molecule has 0 amide bonds. The van der Waals surface area contributed by atoms with Crippen LogP contribution in [-0.2, 0) is 11.2 Å². The fraction of sp³-hybridized carbons (Fsp3) is 0.111. The predicted octanol–water partition coefficient (Wildman–Crippen LogP) is 3.26. The van der Waals surface area contributed by atoms with Gasteiger partial charge >= 0.3 is 5.97 Å². The first kappa shape index (κ1) is 10.8. The summed E-state index contributed by atoms with van der Waals surface area (Å²) in [6.07, 6.45) is 1.67. The molecule has 2 aromatic heterocycles. The molecule has 6 heteroatoms. The van der Waals surface area contributed by atoms with E-state index < -0.39 is 5.97 Å². The van der Waals surface area contributed by atoms with Crippen LogP contribution < -0.4 is 0 Å². The minimum atomic E-state index is -0.822. The van der Waals surface area contributed by atoms with Crippen LogP contribution in [0.5, 0.6) is 0 Å². The number of hydrogen-bond acceptors (Lipinski definition) is 4. The third-order valence-corrected chi connectivity index (χ3v) is 4.45. The van der Waals surface area contributed by atoms with E-state index in [0.29, 0.717) is 0 Å². The van der Waals surface area contributed by atoms with Crippen LogP contribution in [0, 0.1) is 0 Å². The van der Waals surface area contributed by atoms with E-state index in [0.717, 1.165) is 18.5 Å². The number of thiophene rings is 1. The summed E-state index contributed by atoms with van der Waals surface area (Å²) in [5.41, 5.74) is 0. The number of hydrogen-bond donors (Lipinski definition) is 1. The monoisotopic (exact) mass is 303 g/mol. The van der Waals surface area contributed by atoms with Gasteiger partial charge in [-0.25, -0.2) is 4.98 Å². The molecular weight excluding hydrogens is 298 g/mol. The number of aliphatic carboxylic acids is 1. The van der Waals surface area contributed by atoms with Crippen molar-refractivity contribution in [1.29, 1.82) is 0 Å². The molecular formula is C9H6BrNO2S2. The molecule has 1 N–H and O–H groups in total. The summed E-state index contributed by atoms with van der Waals surface area (Å²) < 4.78 is 1.05. The molecule has 0 aromatic carbocycles. The molecule has 0 radical (unpaired) electrons. The van der Waals surface area contributed by atoms with Gasteiger partial charge in [-0.1, -0.05) is 0 Å². The van der Waals surface area contributed by atoms with Crippen LogP contribution in [0.2, 0.25) is 0 Å². The Morgan fingerprint density at radius 1 is 1.47 bits per heavy atom. The maximum Gasteiger partial charge on any atom is 0.308 e. The zero-order valence-electron chi connectivity index (χ0n) is 7.44. The van der Waals surface area contributed by atoms with Gasteiger partial charge < -0.3 is 5.11 Å². The molecule has 0 bridgehead atoms. The highest BCUT2D eigenvalue weighted by Gasteiger charge is 2.09. The van der Waals surface area contributed by atoms with Crippen molar-refractivity contribution in [1.82, 2.24) is 4.98 Å². The van der Waals surface area contributed by atoms with Gasteiger partial charge in [0.1, 0.15) is 5.01 Å². The van der Waals surface area contributed by atoms with Crippen LogP contribution >= 0.6 is 38.6 Å². The van der Waals surface area contributed by atoms with Crippen LogP contribution in [-0.4, -0.2) is 16.1 Å². The Labute approximate surface area is 103 Å². The van der Waals surface area contributed by atoms with E-state index in [9.17, 15) is 4.79 Å². The van der Waals surface area contributed by atoms with E-state index in [1.54, 1.807) is 17.5 Å². The van der Waals surface area contributed by atoms with Crippen LogP contribution in [0.1, 0.15) is 4.88 Å². The maximum absolute atomic E-state index is 10.5. The number of nitrogens with zero attached hydrogens (tertiary/aromatic N) is 1. The number of carboxylic acids is 1. The summed E-state index contributed by atoms with van der Waals surface area (Å²) in [6, 6.07) is 3.93. The summed E-state index contributed by atoms with van der Waals surface area (Å²) in [6.45, 7) is 0. The Morgan fingerprint density at radius 2 is 2.27 bits per heavy atom. The average molecular weight is 304 g/mol. The molecule has 78 valence electrons. The topological polar surface area (TPSA) is 50.2 Å². The third kappa shape index (κ3) is 2.64. The first-order valence-corrected chi connectivity index (χ1v) is 6.50. The number of rotatable bonds is 3. The highest BCUT2D eigenvalue weighted by molar-refractivity contribution is 9.11. The number of carbonyl (C=O) groups is 1. The van der Waals surface area contributed by atoms with Crippen molar-refractivity contribution in [3.63, 3.8) is 0 Å². The highest BCUT2D eigenvalue weighted by atomic mass is 79.9.